The first-order valence-corrected chi connectivity index (χ1v) is 9.82. The molecule has 136 valence electrons. The first kappa shape index (κ1) is 18.6. The monoisotopic (exact) mass is 413 g/mol. The number of carbonyl (C=O) groups excluding carboxylic acids is 1. The Balaban J connectivity index is 1.68. The van der Waals surface area contributed by atoms with Crippen LogP contribution in [0.1, 0.15) is 36.5 Å². The van der Waals surface area contributed by atoms with E-state index in [0.717, 1.165) is 35.2 Å². The van der Waals surface area contributed by atoms with Crippen molar-refractivity contribution < 1.29 is 4.79 Å². The van der Waals surface area contributed by atoms with E-state index in [2.05, 4.69) is 51.8 Å². The molecule has 5 heteroatoms. The Bertz CT molecular complexity index is 884. The molecule has 0 aliphatic carbocycles. The minimum atomic E-state index is -0.0534. The summed E-state index contributed by atoms with van der Waals surface area (Å²) >= 11 is 3.38. The van der Waals surface area contributed by atoms with Crippen molar-refractivity contribution in [2.45, 2.75) is 33.2 Å². The quantitative estimate of drug-likeness (QED) is 0.603. The molecule has 0 aliphatic heterocycles. The predicted octanol–water partition coefficient (Wildman–Crippen LogP) is 4.82. The van der Waals surface area contributed by atoms with Crippen LogP contribution < -0.4 is 5.32 Å². The Morgan fingerprint density at radius 1 is 1.15 bits per heavy atom. The van der Waals surface area contributed by atoms with E-state index in [1.807, 2.05) is 36.4 Å². The van der Waals surface area contributed by atoms with Crippen LogP contribution in [-0.2, 0) is 13.0 Å². The SMILES string of the molecule is CC(C)CCn1c(CCNC(=O)c2ccc(Br)cc2)nc2ccccc21. The summed E-state index contributed by atoms with van der Waals surface area (Å²) in [5.74, 6) is 1.62. The molecule has 0 radical (unpaired) electrons. The van der Waals surface area contributed by atoms with E-state index in [-0.39, 0.29) is 5.91 Å². The number of aryl methyl sites for hydroxylation is 1. The molecule has 1 aromatic heterocycles. The first-order valence-electron chi connectivity index (χ1n) is 9.02. The molecule has 26 heavy (non-hydrogen) atoms. The highest BCUT2D eigenvalue weighted by Crippen LogP contribution is 2.18. The molecule has 0 aliphatic rings. The minimum Gasteiger partial charge on any atom is -0.352 e. The molecule has 3 rings (SSSR count). The van der Waals surface area contributed by atoms with Crippen LogP contribution in [0.3, 0.4) is 0 Å². The average Bonchev–Trinajstić information content (AvgIpc) is 2.98. The van der Waals surface area contributed by atoms with Crippen LogP contribution in [0.4, 0.5) is 0 Å². The number of amides is 1. The fraction of sp³-hybridized carbons (Fsp3) is 0.333. The van der Waals surface area contributed by atoms with Gasteiger partial charge in [-0.3, -0.25) is 4.79 Å². The second-order valence-corrected chi connectivity index (χ2v) is 7.78. The van der Waals surface area contributed by atoms with Crippen LogP contribution in [0, 0.1) is 5.92 Å². The van der Waals surface area contributed by atoms with Crippen molar-refractivity contribution in [3.05, 3.63) is 64.4 Å². The van der Waals surface area contributed by atoms with Gasteiger partial charge in [0.05, 0.1) is 11.0 Å². The molecule has 4 nitrogen and oxygen atoms in total. The Morgan fingerprint density at radius 2 is 1.88 bits per heavy atom. The largest absolute Gasteiger partial charge is 0.352 e. The number of carbonyl (C=O) groups is 1. The summed E-state index contributed by atoms with van der Waals surface area (Å²) in [6, 6.07) is 15.6. The van der Waals surface area contributed by atoms with Crippen molar-refractivity contribution in [3.63, 3.8) is 0 Å². The lowest BCUT2D eigenvalue weighted by Crippen LogP contribution is -2.26. The zero-order valence-electron chi connectivity index (χ0n) is 15.2. The number of fused-ring (bicyclic) bond motifs is 1. The Morgan fingerprint density at radius 3 is 2.62 bits per heavy atom. The molecule has 0 spiro atoms. The van der Waals surface area contributed by atoms with Gasteiger partial charge in [0.1, 0.15) is 5.82 Å². The van der Waals surface area contributed by atoms with Gasteiger partial charge in [0.25, 0.3) is 5.91 Å². The highest BCUT2D eigenvalue weighted by molar-refractivity contribution is 9.10. The molecule has 2 aromatic carbocycles. The maximum Gasteiger partial charge on any atom is 0.251 e. The second-order valence-electron chi connectivity index (χ2n) is 6.86. The molecular weight excluding hydrogens is 390 g/mol. The third-order valence-corrected chi connectivity index (χ3v) is 4.93. The van der Waals surface area contributed by atoms with E-state index in [9.17, 15) is 4.79 Å². The van der Waals surface area contributed by atoms with Crippen molar-refractivity contribution in [1.29, 1.82) is 0 Å². The highest BCUT2D eigenvalue weighted by Gasteiger charge is 2.12. The number of benzene rings is 2. The number of para-hydroxylation sites is 2. The smallest absolute Gasteiger partial charge is 0.251 e. The summed E-state index contributed by atoms with van der Waals surface area (Å²) in [5.41, 5.74) is 2.86. The molecule has 1 amide bonds. The minimum absolute atomic E-state index is 0.0534. The Kier molecular flexibility index (Phi) is 6.09. The van der Waals surface area contributed by atoms with Gasteiger partial charge in [-0.05, 0) is 48.7 Å². The fourth-order valence-electron chi connectivity index (χ4n) is 2.94. The third-order valence-electron chi connectivity index (χ3n) is 4.40. The number of rotatable bonds is 7. The van der Waals surface area contributed by atoms with Gasteiger partial charge in [0.2, 0.25) is 0 Å². The molecule has 1 N–H and O–H groups in total. The summed E-state index contributed by atoms with van der Waals surface area (Å²) in [5, 5.41) is 3.00. The van der Waals surface area contributed by atoms with Gasteiger partial charge in [-0.25, -0.2) is 4.98 Å². The van der Waals surface area contributed by atoms with Gasteiger partial charge in [0.15, 0.2) is 0 Å². The van der Waals surface area contributed by atoms with Gasteiger partial charge in [-0.1, -0.05) is 41.9 Å². The van der Waals surface area contributed by atoms with Gasteiger partial charge < -0.3 is 9.88 Å². The maximum atomic E-state index is 12.3. The van der Waals surface area contributed by atoms with E-state index < -0.39 is 0 Å². The molecule has 3 aromatic rings. The zero-order chi connectivity index (χ0) is 18.5. The molecule has 0 bridgehead atoms. The van der Waals surface area contributed by atoms with Crippen LogP contribution in [0.25, 0.3) is 11.0 Å². The van der Waals surface area contributed by atoms with Gasteiger partial charge in [-0.15, -0.1) is 0 Å². The van der Waals surface area contributed by atoms with Gasteiger partial charge in [-0.2, -0.15) is 0 Å². The number of nitrogens with zero attached hydrogens (tertiary/aromatic N) is 2. The number of nitrogens with one attached hydrogen (secondary N) is 1. The second kappa shape index (κ2) is 8.49. The van der Waals surface area contributed by atoms with Gasteiger partial charge in [0, 0.05) is 29.5 Å². The summed E-state index contributed by atoms with van der Waals surface area (Å²) in [6.45, 7) is 5.99. The molecular formula is C21H24BrN3O. The van der Waals surface area contributed by atoms with E-state index in [1.165, 1.54) is 5.52 Å². The summed E-state index contributed by atoms with van der Waals surface area (Å²) in [7, 11) is 0. The van der Waals surface area contributed by atoms with Crippen molar-refractivity contribution in [2.75, 3.05) is 6.54 Å². The standard InChI is InChI=1S/C21H24BrN3O/c1-15(2)12-14-25-19-6-4-3-5-18(19)24-20(25)11-13-23-21(26)16-7-9-17(22)10-8-16/h3-10,15H,11-14H2,1-2H3,(H,23,26). The normalized spacial score (nSPS) is 11.2. The number of halogens is 1. The van der Waals surface area contributed by atoms with Crippen molar-refractivity contribution in [3.8, 4) is 0 Å². The summed E-state index contributed by atoms with van der Waals surface area (Å²) < 4.78 is 3.26. The molecule has 0 saturated carbocycles. The number of hydrogen-bond acceptors (Lipinski definition) is 2. The van der Waals surface area contributed by atoms with E-state index in [1.54, 1.807) is 0 Å². The van der Waals surface area contributed by atoms with E-state index in [0.29, 0.717) is 18.0 Å². The summed E-state index contributed by atoms with van der Waals surface area (Å²) in [6.07, 6.45) is 1.83. The lowest BCUT2D eigenvalue weighted by molar-refractivity contribution is 0.0954. The number of hydrogen-bond donors (Lipinski definition) is 1. The Labute approximate surface area is 162 Å². The lowest BCUT2D eigenvalue weighted by atomic mass is 10.1. The maximum absolute atomic E-state index is 12.3. The lowest BCUT2D eigenvalue weighted by Gasteiger charge is -2.11. The molecule has 0 unspecified atom stereocenters. The highest BCUT2D eigenvalue weighted by atomic mass is 79.9. The van der Waals surface area contributed by atoms with E-state index >= 15 is 0 Å². The summed E-state index contributed by atoms with van der Waals surface area (Å²) in [4.78, 5) is 17.0. The van der Waals surface area contributed by atoms with Crippen LogP contribution in [-0.4, -0.2) is 22.0 Å². The molecule has 1 heterocycles. The Hall–Kier alpha value is -2.14. The molecule has 0 fully saturated rings. The van der Waals surface area contributed by atoms with Crippen LogP contribution in [0.2, 0.25) is 0 Å². The topological polar surface area (TPSA) is 46.9 Å². The zero-order valence-corrected chi connectivity index (χ0v) is 16.8. The molecule has 0 atom stereocenters. The van der Waals surface area contributed by atoms with Crippen LogP contribution in [0.15, 0.2) is 53.0 Å². The van der Waals surface area contributed by atoms with Crippen LogP contribution in [0.5, 0.6) is 0 Å². The number of imidazole rings is 1. The number of aromatic nitrogens is 2. The van der Waals surface area contributed by atoms with Crippen molar-refractivity contribution in [1.82, 2.24) is 14.9 Å². The van der Waals surface area contributed by atoms with Gasteiger partial charge >= 0.3 is 0 Å². The average molecular weight is 414 g/mol. The first-order chi connectivity index (χ1) is 12.5. The van der Waals surface area contributed by atoms with Crippen LogP contribution >= 0.6 is 15.9 Å². The predicted molar refractivity (Wildman–Crippen MR) is 109 cm³/mol. The van der Waals surface area contributed by atoms with E-state index in [4.69, 9.17) is 4.98 Å². The van der Waals surface area contributed by atoms with Crippen molar-refractivity contribution >= 4 is 32.9 Å². The molecule has 0 saturated heterocycles. The third kappa shape index (κ3) is 4.52. The van der Waals surface area contributed by atoms with Crippen molar-refractivity contribution in [2.24, 2.45) is 5.92 Å². The fourth-order valence-corrected chi connectivity index (χ4v) is 3.21.